The van der Waals surface area contributed by atoms with Gasteiger partial charge >= 0.3 is 6.18 Å². The molecule has 1 nitrogen and oxygen atoms in total. The van der Waals surface area contributed by atoms with E-state index < -0.39 is 11.7 Å². The van der Waals surface area contributed by atoms with Crippen molar-refractivity contribution in [1.82, 2.24) is 4.48 Å². The van der Waals surface area contributed by atoms with E-state index in [1.165, 1.54) is 23.4 Å². The van der Waals surface area contributed by atoms with E-state index in [9.17, 15) is 13.2 Å². The van der Waals surface area contributed by atoms with Crippen LogP contribution in [0.15, 0.2) is 109 Å². The van der Waals surface area contributed by atoms with Crippen LogP contribution in [0.2, 0.25) is 0 Å². The summed E-state index contributed by atoms with van der Waals surface area (Å²) in [5.74, 6) is 0. The molecule has 5 aromatic rings. The minimum absolute atomic E-state index is 0. The molecule has 0 N–H and O–H groups in total. The van der Waals surface area contributed by atoms with Crippen molar-refractivity contribution in [3.8, 4) is 33.4 Å². The van der Waals surface area contributed by atoms with Gasteiger partial charge in [0, 0.05) is 6.07 Å². The highest BCUT2D eigenvalue weighted by Crippen LogP contribution is 2.35. The van der Waals surface area contributed by atoms with E-state index in [2.05, 4.69) is 81.8 Å². The van der Waals surface area contributed by atoms with Gasteiger partial charge in [0.25, 0.3) is 0 Å². The molecule has 0 amide bonds. The molecule has 37 heavy (non-hydrogen) atoms. The normalized spacial score (nSPS) is 11.8. The molecule has 0 aliphatic rings. The van der Waals surface area contributed by atoms with Crippen LogP contribution in [0.5, 0.6) is 0 Å². The summed E-state index contributed by atoms with van der Waals surface area (Å²) in [4.78, 5) is 0. The maximum atomic E-state index is 13.0. The molecular formula is C32H27F3IN. The van der Waals surface area contributed by atoms with Crippen LogP contribution >= 0.6 is 0 Å². The lowest BCUT2D eigenvalue weighted by Gasteiger charge is -2.23. The summed E-state index contributed by atoms with van der Waals surface area (Å²) in [6.07, 6.45) is -4.34. The summed E-state index contributed by atoms with van der Waals surface area (Å²) < 4.78 is 39.6. The monoisotopic (exact) mass is 609 g/mol. The van der Waals surface area contributed by atoms with E-state index in [0.29, 0.717) is 0 Å². The Morgan fingerprint density at radius 3 is 1.78 bits per heavy atom. The molecule has 0 spiro atoms. The highest BCUT2D eigenvalue weighted by atomic mass is 127. The average Bonchev–Trinajstić information content (AvgIpc) is 2.87. The third-order valence-corrected chi connectivity index (χ3v) is 6.55. The predicted octanol–water partition coefficient (Wildman–Crippen LogP) is 6.06. The number of rotatable bonds is 4. The smallest absolute Gasteiger partial charge is 0.416 e. The number of hydrogen-bond acceptors (Lipinski definition) is 0. The van der Waals surface area contributed by atoms with Crippen LogP contribution in [0.3, 0.4) is 0 Å². The first-order valence-corrected chi connectivity index (χ1v) is 11.8. The molecule has 0 aromatic heterocycles. The zero-order valence-electron chi connectivity index (χ0n) is 20.9. The molecule has 0 unspecified atom stereocenters. The van der Waals surface area contributed by atoms with Crippen molar-refractivity contribution in [2.75, 3.05) is 21.1 Å². The number of hydrogen-bond donors (Lipinski definition) is 0. The second-order valence-electron chi connectivity index (χ2n) is 9.96. The largest absolute Gasteiger partial charge is 1.00 e. The summed E-state index contributed by atoms with van der Waals surface area (Å²) in [6, 6.07) is 34.7. The van der Waals surface area contributed by atoms with Gasteiger partial charge in [0.1, 0.15) is 5.69 Å². The van der Waals surface area contributed by atoms with E-state index in [4.69, 9.17) is 0 Å². The Balaban J connectivity index is 0.00000320. The van der Waals surface area contributed by atoms with E-state index in [1.54, 1.807) is 0 Å². The number of fused-ring (bicyclic) bond motifs is 1. The molecule has 5 heteroatoms. The molecule has 0 atom stereocenters. The molecule has 0 aliphatic carbocycles. The van der Waals surface area contributed by atoms with Gasteiger partial charge in [0.2, 0.25) is 0 Å². The van der Waals surface area contributed by atoms with Crippen molar-refractivity contribution in [3.63, 3.8) is 0 Å². The fraction of sp³-hybridized carbons (Fsp3) is 0.125. The Kier molecular flexibility index (Phi) is 7.49. The third-order valence-electron chi connectivity index (χ3n) is 6.55. The Morgan fingerprint density at radius 1 is 0.541 bits per heavy atom. The zero-order chi connectivity index (χ0) is 25.5. The van der Waals surface area contributed by atoms with Crippen molar-refractivity contribution >= 4 is 16.5 Å². The lowest BCUT2D eigenvalue weighted by Crippen LogP contribution is -3.00. The van der Waals surface area contributed by atoms with E-state index in [0.717, 1.165) is 55.2 Å². The molecule has 0 saturated heterocycles. The van der Waals surface area contributed by atoms with Gasteiger partial charge in [-0.05, 0) is 74.5 Å². The molecule has 5 aromatic carbocycles. The maximum absolute atomic E-state index is 13.0. The molecule has 0 fully saturated rings. The summed E-state index contributed by atoms with van der Waals surface area (Å²) in [5.41, 5.74) is 6.69. The van der Waals surface area contributed by atoms with Crippen LogP contribution in [0, 0.1) is 0 Å². The first kappa shape index (κ1) is 26.9. The first-order chi connectivity index (χ1) is 17.1. The Hall–Kier alpha value is -3.16. The van der Waals surface area contributed by atoms with Gasteiger partial charge in [0.15, 0.2) is 0 Å². The number of benzene rings is 5. The molecule has 188 valence electrons. The lowest BCUT2D eigenvalue weighted by molar-refractivity contribution is -0.137. The first-order valence-electron chi connectivity index (χ1n) is 11.8. The summed E-state index contributed by atoms with van der Waals surface area (Å²) in [7, 11) is 6.47. The summed E-state index contributed by atoms with van der Waals surface area (Å²) in [5, 5.41) is 2.27. The van der Waals surface area contributed by atoms with Gasteiger partial charge in [-0.15, -0.1) is 0 Å². The van der Waals surface area contributed by atoms with E-state index >= 15 is 0 Å². The van der Waals surface area contributed by atoms with Crippen molar-refractivity contribution in [3.05, 3.63) is 115 Å². The number of quaternary nitrogens is 1. The van der Waals surface area contributed by atoms with Crippen molar-refractivity contribution in [1.29, 1.82) is 0 Å². The van der Waals surface area contributed by atoms with Gasteiger partial charge in [-0.1, -0.05) is 72.8 Å². The van der Waals surface area contributed by atoms with Crippen LogP contribution in [-0.2, 0) is 6.18 Å². The van der Waals surface area contributed by atoms with Gasteiger partial charge in [-0.25, -0.2) is 0 Å². The lowest BCUT2D eigenvalue weighted by atomic mass is 9.93. The van der Waals surface area contributed by atoms with Crippen molar-refractivity contribution in [2.24, 2.45) is 0 Å². The highest BCUT2D eigenvalue weighted by molar-refractivity contribution is 5.99. The van der Waals surface area contributed by atoms with Crippen LogP contribution in [0.1, 0.15) is 5.56 Å². The molecule has 0 saturated carbocycles. The SMILES string of the molecule is C[N+](C)(C)c1cccc(-c2ccc3c(-c4cccc(-c5ccc(C(F)(F)F)cc5)c4)cccc3c2)c1.[I-]. The molecule has 0 aliphatic heterocycles. The standard InChI is InChI=1S/C32H27F3N.HI/c1-36(2,3)29-11-5-8-24(21-29)25-15-18-31-27(20-25)10-6-12-30(31)26-9-4-7-23(19-26)22-13-16-28(17-14-22)32(33,34)35;/h4-21H,1-3H3;1H/q+1;/p-1. The van der Waals surface area contributed by atoms with E-state index in [-0.39, 0.29) is 24.0 Å². The molecular weight excluding hydrogens is 582 g/mol. The predicted molar refractivity (Wildman–Crippen MR) is 145 cm³/mol. The fourth-order valence-electron chi connectivity index (χ4n) is 4.54. The minimum atomic E-state index is -4.34. The summed E-state index contributed by atoms with van der Waals surface area (Å²) in [6.45, 7) is 0. The molecule has 0 bridgehead atoms. The van der Waals surface area contributed by atoms with Crippen LogP contribution in [-0.4, -0.2) is 21.1 Å². The zero-order valence-corrected chi connectivity index (χ0v) is 23.0. The second-order valence-corrected chi connectivity index (χ2v) is 9.96. The highest BCUT2D eigenvalue weighted by Gasteiger charge is 2.30. The number of alkyl halides is 3. The van der Waals surface area contributed by atoms with Crippen LogP contribution in [0.4, 0.5) is 18.9 Å². The van der Waals surface area contributed by atoms with E-state index in [1.807, 2.05) is 24.3 Å². The minimum Gasteiger partial charge on any atom is -1.00 e. The number of nitrogens with zero attached hydrogens (tertiary/aromatic N) is 1. The molecule has 0 radical (unpaired) electrons. The topological polar surface area (TPSA) is 0 Å². The van der Waals surface area contributed by atoms with Crippen LogP contribution in [0.25, 0.3) is 44.2 Å². The third kappa shape index (κ3) is 5.73. The summed E-state index contributed by atoms with van der Waals surface area (Å²) >= 11 is 0. The van der Waals surface area contributed by atoms with Crippen LogP contribution < -0.4 is 28.5 Å². The van der Waals surface area contributed by atoms with Gasteiger partial charge < -0.3 is 24.0 Å². The average molecular weight is 609 g/mol. The Labute approximate surface area is 232 Å². The molecule has 0 heterocycles. The Bertz CT molecular complexity index is 1550. The second kappa shape index (κ2) is 10.3. The van der Waals surface area contributed by atoms with Gasteiger partial charge in [-0.3, -0.25) is 4.48 Å². The van der Waals surface area contributed by atoms with Gasteiger partial charge in [-0.2, -0.15) is 13.2 Å². The molecule has 5 rings (SSSR count). The van der Waals surface area contributed by atoms with Crippen molar-refractivity contribution in [2.45, 2.75) is 6.18 Å². The van der Waals surface area contributed by atoms with Gasteiger partial charge in [0.05, 0.1) is 26.7 Å². The van der Waals surface area contributed by atoms with Crippen molar-refractivity contribution < 1.29 is 37.1 Å². The quantitative estimate of drug-likeness (QED) is 0.172. The Morgan fingerprint density at radius 2 is 1.11 bits per heavy atom. The number of halogens is 4. The fourth-order valence-corrected chi connectivity index (χ4v) is 4.54. The maximum Gasteiger partial charge on any atom is 0.416 e.